The van der Waals surface area contributed by atoms with Crippen molar-refractivity contribution in [1.29, 1.82) is 0 Å². The van der Waals surface area contributed by atoms with E-state index in [9.17, 15) is 19.2 Å². The maximum absolute atomic E-state index is 12.0. The summed E-state index contributed by atoms with van der Waals surface area (Å²) in [5.41, 5.74) is 0. The number of hydrogen-bond donors (Lipinski definition) is 4. The zero-order valence-corrected chi connectivity index (χ0v) is 15.0. The second kappa shape index (κ2) is 12.7. The van der Waals surface area contributed by atoms with E-state index >= 15 is 0 Å². The summed E-state index contributed by atoms with van der Waals surface area (Å²) >= 11 is 0. The zero-order chi connectivity index (χ0) is 18.5. The first kappa shape index (κ1) is 22.3. The molecule has 0 aliphatic carbocycles. The summed E-state index contributed by atoms with van der Waals surface area (Å²) < 4.78 is 0. The smallest absolute Gasteiger partial charge is 0.322 e. The van der Waals surface area contributed by atoms with Crippen molar-refractivity contribution in [2.45, 2.75) is 25.8 Å². The Labute approximate surface area is 148 Å². The monoisotopic (exact) mass is 378 g/mol. The van der Waals surface area contributed by atoms with Gasteiger partial charge in [0.25, 0.3) is 0 Å². The maximum Gasteiger partial charge on any atom is 0.322 e. The molecule has 0 rings (SSSR count). The lowest BCUT2D eigenvalue weighted by Crippen LogP contribution is -2.49. The Morgan fingerprint density at radius 2 is 1.88 bits per heavy atom. The Bertz CT molecular complexity index is 472. The molecule has 8 nitrogen and oxygen atoms in total. The second-order valence-corrected chi connectivity index (χ2v) is 7.42. The molecule has 0 radical (unpaired) electrons. The first-order valence-corrected chi connectivity index (χ1v) is 9.63. The summed E-state index contributed by atoms with van der Waals surface area (Å²) in [6.07, 6.45) is 1.83. The molecule has 24 heavy (non-hydrogen) atoms. The number of carboxylic acids is 2. The number of hydrogen-bond acceptors (Lipinski definition) is 6. The van der Waals surface area contributed by atoms with Crippen molar-refractivity contribution in [3.05, 3.63) is 12.7 Å². The highest BCUT2D eigenvalue weighted by molar-refractivity contribution is 8.76. The van der Waals surface area contributed by atoms with Gasteiger partial charge in [0.1, 0.15) is 12.6 Å². The summed E-state index contributed by atoms with van der Waals surface area (Å²) in [4.78, 5) is 45.1. The summed E-state index contributed by atoms with van der Waals surface area (Å²) in [6, 6.07) is -0.890. The Hall–Kier alpha value is -1.68. The van der Waals surface area contributed by atoms with E-state index in [0.717, 1.165) is 0 Å². The molecule has 0 aromatic carbocycles. The molecule has 136 valence electrons. The van der Waals surface area contributed by atoms with Gasteiger partial charge in [-0.3, -0.25) is 19.2 Å². The fourth-order valence-corrected chi connectivity index (χ4v) is 3.35. The number of aliphatic carboxylic acids is 2. The average Bonchev–Trinajstić information content (AvgIpc) is 2.52. The third-order valence-electron chi connectivity index (χ3n) is 2.80. The van der Waals surface area contributed by atoms with Crippen LogP contribution in [0, 0.1) is 5.92 Å². The van der Waals surface area contributed by atoms with Gasteiger partial charge in [0, 0.05) is 17.9 Å². The van der Waals surface area contributed by atoms with Crippen LogP contribution in [0.2, 0.25) is 0 Å². The Balaban J connectivity index is 4.51. The van der Waals surface area contributed by atoms with Crippen molar-refractivity contribution in [3.63, 3.8) is 0 Å². The number of rotatable bonds is 13. The van der Waals surface area contributed by atoms with E-state index in [1.807, 2.05) is 0 Å². The third-order valence-corrected chi connectivity index (χ3v) is 5.12. The quantitative estimate of drug-likeness (QED) is 0.210. The number of amides is 2. The second-order valence-electron chi connectivity index (χ2n) is 4.87. The predicted octanol–water partition coefficient (Wildman–Crippen LogP) is 0.740. The van der Waals surface area contributed by atoms with Crippen LogP contribution in [0.1, 0.15) is 19.8 Å². The lowest BCUT2D eigenvalue weighted by Gasteiger charge is -2.17. The first-order chi connectivity index (χ1) is 11.3. The van der Waals surface area contributed by atoms with Crippen molar-refractivity contribution in [2.24, 2.45) is 5.92 Å². The van der Waals surface area contributed by atoms with E-state index in [4.69, 9.17) is 10.2 Å². The SMILES string of the molecule is C=CCSSCC(NC(=O)CCC(C)C(=O)O)C(=O)NCC(=O)O. The molecule has 0 saturated carbocycles. The molecular formula is C14H22N2O6S2. The van der Waals surface area contributed by atoms with Gasteiger partial charge < -0.3 is 20.8 Å². The first-order valence-electron chi connectivity index (χ1n) is 7.14. The van der Waals surface area contributed by atoms with Crippen LogP contribution >= 0.6 is 21.6 Å². The van der Waals surface area contributed by atoms with Gasteiger partial charge in [0.05, 0.1) is 5.92 Å². The van der Waals surface area contributed by atoms with Crippen LogP contribution in [-0.4, -0.2) is 58.1 Å². The molecule has 0 aliphatic heterocycles. The van der Waals surface area contributed by atoms with Crippen molar-refractivity contribution in [2.75, 3.05) is 18.1 Å². The third kappa shape index (κ3) is 10.9. The fraction of sp³-hybridized carbons (Fsp3) is 0.571. The van der Waals surface area contributed by atoms with E-state index in [2.05, 4.69) is 17.2 Å². The van der Waals surface area contributed by atoms with E-state index in [0.29, 0.717) is 5.75 Å². The van der Waals surface area contributed by atoms with E-state index in [-0.39, 0.29) is 18.6 Å². The van der Waals surface area contributed by atoms with Crippen LogP contribution in [0.25, 0.3) is 0 Å². The number of carbonyl (C=O) groups is 4. The summed E-state index contributed by atoms with van der Waals surface area (Å²) in [5, 5.41) is 22.1. The van der Waals surface area contributed by atoms with Crippen LogP contribution in [0.4, 0.5) is 0 Å². The van der Waals surface area contributed by atoms with Crippen molar-refractivity contribution in [3.8, 4) is 0 Å². The van der Waals surface area contributed by atoms with Crippen LogP contribution < -0.4 is 10.6 Å². The van der Waals surface area contributed by atoms with Crippen molar-refractivity contribution >= 4 is 45.3 Å². The van der Waals surface area contributed by atoms with Crippen LogP contribution in [0.15, 0.2) is 12.7 Å². The topological polar surface area (TPSA) is 133 Å². The Morgan fingerprint density at radius 3 is 2.42 bits per heavy atom. The largest absolute Gasteiger partial charge is 0.481 e. The highest BCUT2D eigenvalue weighted by Crippen LogP contribution is 2.22. The van der Waals surface area contributed by atoms with Gasteiger partial charge in [0.2, 0.25) is 11.8 Å². The molecule has 10 heteroatoms. The zero-order valence-electron chi connectivity index (χ0n) is 13.3. The summed E-state index contributed by atoms with van der Waals surface area (Å²) in [7, 11) is 2.79. The minimum atomic E-state index is -1.18. The molecule has 2 atom stereocenters. The minimum Gasteiger partial charge on any atom is -0.481 e. The lowest BCUT2D eigenvalue weighted by molar-refractivity contribution is -0.141. The molecule has 0 aliphatic rings. The van der Waals surface area contributed by atoms with E-state index in [1.165, 1.54) is 28.5 Å². The molecule has 2 amide bonds. The number of carbonyl (C=O) groups excluding carboxylic acids is 2. The van der Waals surface area contributed by atoms with Crippen LogP contribution in [0.3, 0.4) is 0 Å². The predicted molar refractivity (Wildman–Crippen MR) is 93.7 cm³/mol. The number of carboxylic acid groups (broad SMARTS) is 2. The maximum atomic E-state index is 12.0. The Morgan fingerprint density at radius 1 is 1.21 bits per heavy atom. The fourth-order valence-electron chi connectivity index (χ4n) is 1.42. The molecular weight excluding hydrogens is 356 g/mol. The van der Waals surface area contributed by atoms with Gasteiger partial charge >= 0.3 is 11.9 Å². The summed E-state index contributed by atoms with van der Waals surface area (Å²) in [6.45, 7) is 4.53. The highest BCUT2D eigenvalue weighted by Gasteiger charge is 2.22. The molecule has 0 spiro atoms. The van der Waals surface area contributed by atoms with Gasteiger partial charge in [-0.25, -0.2) is 0 Å². The highest BCUT2D eigenvalue weighted by atomic mass is 33.1. The average molecular weight is 378 g/mol. The van der Waals surface area contributed by atoms with Crippen molar-refractivity contribution in [1.82, 2.24) is 10.6 Å². The van der Waals surface area contributed by atoms with Gasteiger partial charge in [0.15, 0.2) is 0 Å². The molecule has 4 N–H and O–H groups in total. The molecule has 0 fully saturated rings. The van der Waals surface area contributed by atoms with Gasteiger partial charge in [-0.15, -0.1) is 6.58 Å². The minimum absolute atomic E-state index is 0.0271. The van der Waals surface area contributed by atoms with Crippen LogP contribution in [0.5, 0.6) is 0 Å². The van der Waals surface area contributed by atoms with Gasteiger partial charge in [-0.1, -0.05) is 34.6 Å². The van der Waals surface area contributed by atoms with Gasteiger partial charge in [-0.2, -0.15) is 0 Å². The molecule has 2 unspecified atom stereocenters. The summed E-state index contributed by atoms with van der Waals surface area (Å²) in [5.74, 6) is -2.96. The van der Waals surface area contributed by atoms with Gasteiger partial charge in [-0.05, 0) is 6.42 Å². The Kier molecular flexibility index (Phi) is 11.8. The molecule has 0 aromatic rings. The van der Waals surface area contributed by atoms with E-state index < -0.39 is 42.3 Å². The molecule has 0 heterocycles. The standard InChI is InChI=1S/C14H22N2O6S2/c1-3-6-23-24-8-10(13(20)15-7-12(18)19)16-11(17)5-4-9(2)14(21)22/h3,9-10H,1,4-8H2,2H3,(H,15,20)(H,16,17)(H,18,19)(H,21,22). The molecule has 0 aromatic heterocycles. The lowest BCUT2D eigenvalue weighted by atomic mass is 10.1. The number of nitrogens with one attached hydrogen (secondary N) is 2. The van der Waals surface area contributed by atoms with Crippen LogP contribution in [-0.2, 0) is 19.2 Å². The molecule has 0 bridgehead atoms. The van der Waals surface area contributed by atoms with Crippen molar-refractivity contribution < 1.29 is 29.4 Å². The van der Waals surface area contributed by atoms with E-state index in [1.54, 1.807) is 6.08 Å². The molecule has 0 saturated heterocycles. The normalized spacial score (nSPS) is 12.7.